The number of aliphatic hydroxyl groups excluding tert-OH is 1. The predicted molar refractivity (Wildman–Crippen MR) is 358 cm³/mol. The van der Waals surface area contributed by atoms with Crippen molar-refractivity contribution in [3.05, 3.63) is 0 Å². The summed E-state index contributed by atoms with van der Waals surface area (Å²) in [5.74, 6) is -0.624. The van der Waals surface area contributed by atoms with Gasteiger partial charge in [-0.15, -0.1) is 0 Å². The van der Waals surface area contributed by atoms with Gasteiger partial charge in [0, 0.05) is 25.7 Å². The van der Waals surface area contributed by atoms with Crippen molar-refractivity contribution in [2.24, 2.45) is 11.8 Å². The van der Waals surface area contributed by atoms with Gasteiger partial charge in [-0.25, -0.2) is 9.13 Å². The van der Waals surface area contributed by atoms with Gasteiger partial charge in [0.25, 0.3) is 0 Å². The van der Waals surface area contributed by atoms with Crippen molar-refractivity contribution in [2.45, 2.75) is 374 Å². The standard InChI is InChI=1S/C70H136O17P2/c1-7-10-12-14-16-17-18-19-20-21-24-27-30-34-41-47-53-68(73)81-59-65(86-69(74)54-48-42-35-31-28-25-22-23-26-29-33-38-44-50-62(4)5)60-84-88(76,77)82-56-64(71)57-83-89(78,79)85-61-66(58-80-67(72)52-46-40-32-15-13-11-8-2)87-70(75)55-49-43-37-36-39-45-51-63(6)9-3/h62-66,71H,7-61H2,1-6H3,(H,76,77)(H,78,79)/t63?,64-,65-,66-/m1/s1. The van der Waals surface area contributed by atoms with Crippen molar-refractivity contribution in [3.8, 4) is 0 Å². The maximum Gasteiger partial charge on any atom is 0.472 e. The molecule has 0 saturated carbocycles. The molecule has 6 atom stereocenters. The Morgan fingerprint density at radius 3 is 0.854 bits per heavy atom. The molecule has 528 valence electrons. The molecular weight excluding hydrogens is 1170 g/mol. The van der Waals surface area contributed by atoms with E-state index in [1.54, 1.807) is 0 Å². The summed E-state index contributed by atoms with van der Waals surface area (Å²) < 4.78 is 68.2. The van der Waals surface area contributed by atoms with E-state index in [-0.39, 0.29) is 25.7 Å². The maximum atomic E-state index is 13.0. The van der Waals surface area contributed by atoms with Gasteiger partial charge in [-0.05, 0) is 37.5 Å². The molecule has 0 bridgehead atoms. The van der Waals surface area contributed by atoms with E-state index in [1.165, 1.54) is 161 Å². The SMILES string of the molecule is CCCCCCCCCCCCCCCCCCC(=O)OC[C@H](COP(=O)(O)OC[C@@H](O)COP(=O)(O)OC[C@@H](COC(=O)CCCCCCCCC)OC(=O)CCCCCCCCC(C)CC)OC(=O)CCCCCCCCCCCCCCCC(C)C. The molecule has 0 aliphatic heterocycles. The Hall–Kier alpha value is -1.94. The molecule has 0 aromatic rings. The molecule has 0 spiro atoms. The number of carbonyl (C=O) groups excluding carboxylic acids is 4. The van der Waals surface area contributed by atoms with Crippen LogP contribution in [0.1, 0.15) is 356 Å². The van der Waals surface area contributed by atoms with Crippen molar-refractivity contribution in [2.75, 3.05) is 39.6 Å². The molecule has 19 heteroatoms. The highest BCUT2D eigenvalue weighted by molar-refractivity contribution is 7.47. The average molecular weight is 1310 g/mol. The lowest BCUT2D eigenvalue weighted by Crippen LogP contribution is -2.30. The summed E-state index contributed by atoms with van der Waals surface area (Å²) in [7, 11) is -9.89. The van der Waals surface area contributed by atoms with E-state index >= 15 is 0 Å². The summed E-state index contributed by atoms with van der Waals surface area (Å²) in [6.45, 7) is 9.48. The van der Waals surface area contributed by atoms with Crippen LogP contribution in [-0.4, -0.2) is 96.7 Å². The number of hydrogen-bond acceptors (Lipinski definition) is 15. The monoisotopic (exact) mass is 1310 g/mol. The molecule has 3 unspecified atom stereocenters. The zero-order valence-electron chi connectivity index (χ0n) is 57.7. The van der Waals surface area contributed by atoms with Crippen molar-refractivity contribution in [1.29, 1.82) is 0 Å². The summed E-state index contributed by atoms with van der Waals surface area (Å²) in [5, 5.41) is 10.6. The van der Waals surface area contributed by atoms with Crippen LogP contribution in [0.25, 0.3) is 0 Å². The van der Waals surface area contributed by atoms with Gasteiger partial charge < -0.3 is 33.8 Å². The highest BCUT2D eigenvalue weighted by Gasteiger charge is 2.30. The van der Waals surface area contributed by atoms with Crippen molar-refractivity contribution < 1.29 is 80.2 Å². The molecule has 0 aliphatic rings. The van der Waals surface area contributed by atoms with E-state index < -0.39 is 97.5 Å². The summed E-state index contributed by atoms with van der Waals surface area (Å²) in [6, 6.07) is 0. The van der Waals surface area contributed by atoms with E-state index in [0.717, 1.165) is 115 Å². The van der Waals surface area contributed by atoms with Crippen molar-refractivity contribution in [1.82, 2.24) is 0 Å². The van der Waals surface area contributed by atoms with Crippen LogP contribution in [0.3, 0.4) is 0 Å². The number of esters is 4. The zero-order valence-corrected chi connectivity index (χ0v) is 59.5. The summed E-state index contributed by atoms with van der Waals surface area (Å²) >= 11 is 0. The molecule has 0 rings (SSSR count). The van der Waals surface area contributed by atoms with Crippen LogP contribution in [0.5, 0.6) is 0 Å². The largest absolute Gasteiger partial charge is 0.472 e. The van der Waals surface area contributed by atoms with Crippen LogP contribution >= 0.6 is 15.6 Å². The Bertz CT molecular complexity index is 1740. The van der Waals surface area contributed by atoms with Gasteiger partial charge in [0.05, 0.1) is 26.4 Å². The molecule has 0 fully saturated rings. The quantitative estimate of drug-likeness (QED) is 0.0222. The van der Waals surface area contributed by atoms with Crippen LogP contribution in [0, 0.1) is 11.8 Å². The van der Waals surface area contributed by atoms with Crippen LogP contribution < -0.4 is 0 Å². The Labute approximate surface area is 543 Å². The Balaban J connectivity index is 5.20. The number of aliphatic hydroxyl groups is 1. The smallest absolute Gasteiger partial charge is 0.462 e. The Morgan fingerprint density at radius 2 is 0.573 bits per heavy atom. The zero-order chi connectivity index (χ0) is 65.7. The molecule has 89 heavy (non-hydrogen) atoms. The second-order valence-corrected chi connectivity index (χ2v) is 28.9. The fraction of sp³-hybridized carbons (Fsp3) is 0.943. The van der Waals surface area contributed by atoms with E-state index in [0.29, 0.717) is 25.7 Å². The summed E-state index contributed by atoms with van der Waals surface area (Å²) in [6.07, 6.45) is 47.4. The lowest BCUT2D eigenvalue weighted by molar-refractivity contribution is -0.161. The van der Waals surface area contributed by atoms with E-state index in [4.69, 9.17) is 37.0 Å². The van der Waals surface area contributed by atoms with Crippen LogP contribution in [-0.2, 0) is 65.4 Å². The highest BCUT2D eigenvalue weighted by atomic mass is 31.2. The summed E-state index contributed by atoms with van der Waals surface area (Å²) in [5.41, 5.74) is 0. The fourth-order valence-corrected chi connectivity index (χ4v) is 12.1. The number of ether oxygens (including phenoxy) is 4. The maximum absolute atomic E-state index is 13.0. The normalized spacial score (nSPS) is 14.4. The Kier molecular flexibility index (Phi) is 60.8. The molecule has 3 N–H and O–H groups in total. The van der Waals surface area contributed by atoms with Crippen LogP contribution in [0.15, 0.2) is 0 Å². The second-order valence-electron chi connectivity index (χ2n) is 26.0. The molecule has 17 nitrogen and oxygen atoms in total. The molecule has 0 amide bonds. The number of rotatable bonds is 69. The number of carbonyl (C=O) groups is 4. The van der Waals surface area contributed by atoms with Gasteiger partial charge in [-0.1, -0.05) is 305 Å². The van der Waals surface area contributed by atoms with Crippen molar-refractivity contribution in [3.63, 3.8) is 0 Å². The van der Waals surface area contributed by atoms with Crippen LogP contribution in [0.2, 0.25) is 0 Å². The molecule has 0 aliphatic carbocycles. The summed E-state index contributed by atoms with van der Waals surface area (Å²) in [4.78, 5) is 72.4. The minimum Gasteiger partial charge on any atom is -0.462 e. The minimum atomic E-state index is -4.95. The topological polar surface area (TPSA) is 237 Å². The van der Waals surface area contributed by atoms with Gasteiger partial charge in [0.15, 0.2) is 12.2 Å². The first-order valence-corrected chi connectivity index (χ1v) is 39.5. The minimum absolute atomic E-state index is 0.103. The van der Waals surface area contributed by atoms with Gasteiger partial charge in [0.1, 0.15) is 19.3 Å². The molecule has 0 aromatic heterocycles. The molecule has 0 saturated heterocycles. The third kappa shape index (κ3) is 63.2. The molecule has 0 radical (unpaired) electrons. The van der Waals surface area contributed by atoms with Crippen LogP contribution in [0.4, 0.5) is 0 Å². The lowest BCUT2D eigenvalue weighted by Gasteiger charge is -2.21. The van der Waals surface area contributed by atoms with E-state index in [2.05, 4.69) is 41.5 Å². The van der Waals surface area contributed by atoms with Gasteiger partial charge >= 0.3 is 39.5 Å². The van der Waals surface area contributed by atoms with E-state index in [1.807, 2.05) is 0 Å². The first kappa shape index (κ1) is 87.1. The lowest BCUT2D eigenvalue weighted by atomic mass is 10.00. The first-order valence-electron chi connectivity index (χ1n) is 36.5. The predicted octanol–water partition coefficient (Wildman–Crippen LogP) is 20.0. The fourth-order valence-electron chi connectivity index (χ4n) is 10.6. The van der Waals surface area contributed by atoms with Gasteiger partial charge in [-0.2, -0.15) is 0 Å². The number of phosphoric ester groups is 2. The number of unbranched alkanes of at least 4 members (excludes halogenated alkanes) is 38. The molecule has 0 heterocycles. The van der Waals surface area contributed by atoms with Gasteiger partial charge in [-0.3, -0.25) is 37.3 Å². The third-order valence-corrected chi connectivity index (χ3v) is 18.5. The third-order valence-electron chi connectivity index (χ3n) is 16.6. The Morgan fingerprint density at radius 1 is 0.326 bits per heavy atom. The number of phosphoric acid groups is 2. The first-order chi connectivity index (χ1) is 42.9. The molecular formula is C70H136O17P2. The van der Waals surface area contributed by atoms with Gasteiger partial charge in [0.2, 0.25) is 0 Å². The second kappa shape index (κ2) is 62.2. The van der Waals surface area contributed by atoms with Crippen molar-refractivity contribution >= 4 is 39.5 Å². The number of hydrogen-bond donors (Lipinski definition) is 3. The molecule has 0 aromatic carbocycles. The highest BCUT2D eigenvalue weighted by Crippen LogP contribution is 2.45. The average Bonchev–Trinajstić information content (AvgIpc) is 3.68. The van der Waals surface area contributed by atoms with E-state index in [9.17, 15) is 43.2 Å².